The molecule has 2 heterocycles. The van der Waals surface area contributed by atoms with E-state index in [1.54, 1.807) is 43.7 Å². The molecule has 4 amide bonds. The number of carbonyl (C=O) groups excluding carboxylic acids is 3. The number of thiazole rings is 1. The van der Waals surface area contributed by atoms with Gasteiger partial charge in [-0.1, -0.05) is 23.1 Å². The first-order valence-electron chi connectivity index (χ1n) is 10.1. The van der Waals surface area contributed by atoms with E-state index < -0.39 is 11.7 Å². The molecule has 9 nitrogen and oxygen atoms in total. The van der Waals surface area contributed by atoms with Crippen LogP contribution in [0.4, 0.5) is 20.4 Å². The quantitative estimate of drug-likeness (QED) is 0.679. The molecule has 2 N–H and O–H groups in total. The normalized spacial score (nSPS) is 14.1. The van der Waals surface area contributed by atoms with Crippen LogP contribution in [0.1, 0.15) is 27.7 Å². The first-order chi connectivity index (χ1) is 15.1. The first kappa shape index (κ1) is 23.9. The lowest BCUT2D eigenvalue weighted by atomic mass is 10.2. The van der Waals surface area contributed by atoms with Crippen LogP contribution in [0, 0.1) is 0 Å². The van der Waals surface area contributed by atoms with Crippen LogP contribution in [-0.2, 0) is 9.53 Å². The zero-order valence-electron chi connectivity index (χ0n) is 18.5. The maximum absolute atomic E-state index is 12.5. The molecule has 1 fully saturated rings. The van der Waals surface area contributed by atoms with E-state index >= 15 is 0 Å². The average molecular weight is 478 g/mol. The maximum Gasteiger partial charge on any atom is 0.413 e. The third-order valence-electron chi connectivity index (χ3n) is 4.43. The molecule has 1 aromatic carbocycles. The highest BCUT2D eigenvalue weighted by Gasteiger charge is 2.22. The van der Waals surface area contributed by atoms with Crippen LogP contribution in [0.5, 0.6) is 0 Å². The van der Waals surface area contributed by atoms with Crippen molar-refractivity contribution in [2.24, 2.45) is 0 Å². The van der Waals surface area contributed by atoms with Gasteiger partial charge in [0.1, 0.15) is 5.60 Å². The van der Waals surface area contributed by atoms with Crippen molar-refractivity contribution in [3.05, 3.63) is 30.5 Å². The number of nitrogens with one attached hydrogen (secondary N) is 2. The molecule has 1 saturated heterocycles. The molecule has 0 bridgehead atoms. The Morgan fingerprint density at radius 3 is 2.25 bits per heavy atom. The number of nitrogens with zero attached hydrogens (tertiary/aromatic N) is 3. The Hall–Kier alpha value is -2.79. The van der Waals surface area contributed by atoms with Crippen molar-refractivity contribution in [2.45, 2.75) is 42.4 Å². The number of piperazine rings is 1. The monoisotopic (exact) mass is 477 g/mol. The minimum atomic E-state index is -0.570. The lowest BCUT2D eigenvalue weighted by molar-refractivity contribution is -0.130. The van der Waals surface area contributed by atoms with Crippen molar-refractivity contribution in [2.75, 3.05) is 36.8 Å². The predicted octanol–water partition coefficient (Wildman–Crippen LogP) is 4.34. The lowest BCUT2D eigenvalue weighted by Crippen LogP contribution is -2.51. The van der Waals surface area contributed by atoms with Crippen molar-refractivity contribution in [1.82, 2.24) is 14.8 Å². The fraction of sp³-hybridized carbons (Fsp3) is 0.429. The number of rotatable bonds is 4. The van der Waals surface area contributed by atoms with Crippen LogP contribution in [-0.4, -0.2) is 64.6 Å². The van der Waals surface area contributed by atoms with Crippen LogP contribution >= 0.6 is 23.1 Å². The second-order valence-corrected chi connectivity index (χ2v) is 10.6. The van der Waals surface area contributed by atoms with E-state index in [0.29, 0.717) is 37.0 Å². The molecule has 0 radical (unpaired) electrons. The minimum absolute atomic E-state index is 0.0341. The number of amides is 4. The SMILES string of the molecule is CC(=O)N1CCN(C(=O)Nc2ccc(Sc3cnc(NC(=O)OC(C)(C)C)s3)cc2)CC1. The van der Waals surface area contributed by atoms with Crippen LogP contribution in [0.2, 0.25) is 0 Å². The van der Waals surface area contributed by atoms with Crippen LogP contribution in [0.25, 0.3) is 0 Å². The molecular formula is C21H27N5O4S2. The van der Waals surface area contributed by atoms with Crippen LogP contribution in [0.15, 0.2) is 39.6 Å². The number of hydrogen-bond acceptors (Lipinski definition) is 7. The maximum atomic E-state index is 12.5. The van der Waals surface area contributed by atoms with Crippen molar-refractivity contribution < 1.29 is 19.1 Å². The number of benzene rings is 1. The van der Waals surface area contributed by atoms with Gasteiger partial charge in [-0.05, 0) is 45.0 Å². The van der Waals surface area contributed by atoms with Gasteiger partial charge in [0.15, 0.2) is 5.13 Å². The van der Waals surface area contributed by atoms with E-state index in [9.17, 15) is 14.4 Å². The molecule has 1 aromatic heterocycles. The fourth-order valence-corrected chi connectivity index (χ4v) is 4.74. The highest BCUT2D eigenvalue weighted by atomic mass is 32.2. The van der Waals surface area contributed by atoms with Gasteiger partial charge >= 0.3 is 12.1 Å². The van der Waals surface area contributed by atoms with Crippen molar-refractivity contribution in [3.63, 3.8) is 0 Å². The Labute approximate surface area is 195 Å². The Bertz CT molecular complexity index is 963. The summed E-state index contributed by atoms with van der Waals surface area (Å²) in [5, 5.41) is 6.00. The number of carbonyl (C=O) groups is 3. The highest BCUT2D eigenvalue weighted by Crippen LogP contribution is 2.34. The van der Waals surface area contributed by atoms with Gasteiger partial charge in [-0.3, -0.25) is 10.1 Å². The molecule has 2 aromatic rings. The summed E-state index contributed by atoms with van der Waals surface area (Å²) in [7, 11) is 0. The predicted molar refractivity (Wildman–Crippen MR) is 125 cm³/mol. The van der Waals surface area contributed by atoms with Gasteiger partial charge in [0.2, 0.25) is 5.91 Å². The zero-order valence-corrected chi connectivity index (χ0v) is 20.1. The van der Waals surface area contributed by atoms with Gasteiger partial charge in [0, 0.05) is 43.7 Å². The summed E-state index contributed by atoms with van der Waals surface area (Å²) in [6, 6.07) is 7.33. The summed E-state index contributed by atoms with van der Waals surface area (Å²) in [6.07, 6.45) is 1.16. The summed E-state index contributed by atoms with van der Waals surface area (Å²) < 4.78 is 6.14. The van der Waals surface area contributed by atoms with Crippen molar-refractivity contribution >= 4 is 51.9 Å². The molecule has 3 rings (SSSR count). The van der Waals surface area contributed by atoms with E-state index in [2.05, 4.69) is 15.6 Å². The molecule has 0 atom stereocenters. The number of hydrogen-bond donors (Lipinski definition) is 2. The largest absolute Gasteiger partial charge is 0.444 e. The number of aromatic nitrogens is 1. The second kappa shape index (κ2) is 10.2. The van der Waals surface area contributed by atoms with E-state index in [1.165, 1.54) is 23.1 Å². The average Bonchev–Trinajstić information content (AvgIpc) is 3.14. The smallest absolute Gasteiger partial charge is 0.413 e. The summed E-state index contributed by atoms with van der Waals surface area (Å²) in [4.78, 5) is 44.3. The molecule has 0 saturated carbocycles. The standard InChI is InChI=1S/C21H27N5O4S2/c1-14(27)25-9-11-26(12-10-25)19(28)23-15-5-7-16(8-6-15)31-17-13-22-18(32-17)24-20(29)30-21(2,3)4/h5-8,13H,9-12H2,1-4H3,(H,23,28)(H,22,24,29). The van der Waals surface area contributed by atoms with Gasteiger partial charge in [0.05, 0.1) is 10.4 Å². The van der Waals surface area contributed by atoms with Crippen LogP contribution < -0.4 is 10.6 Å². The minimum Gasteiger partial charge on any atom is -0.444 e. The molecule has 0 aliphatic carbocycles. The fourth-order valence-electron chi connectivity index (χ4n) is 2.90. The molecule has 1 aliphatic heterocycles. The Kier molecular flexibility index (Phi) is 7.62. The third kappa shape index (κ3) is 7.13. The molecule has 0 unspecified atom stereocenters. The van der Waals surface area contributed by atoms with Gasteiger partial charge in [0.25, 0.3) is 0 Å². The molecular weight excluding hydrogens is 450 g/mol. The zero-order chi connectivity index (χ0) is 23.3. The van der Waals surface area contributed by atoms with Gasteiger partial charge in [-0.25, -0.2) is 14.6 Å². The van der Waals surface area contributed by atoms with E-state index in [4.69, 9.17) is 4.74 Å². The Balaban J connectivity index is 1.49. The number of urea groups is 1. The molecule has 11 heteroatoms. The summed E-state index contributed by atoms with van der Waals surface area (Å²) >= 11 is 2.86. The van der Waals surface area contributed by atoms with Gasteiger partial charge in [-0.15, -0.1) is 0 Å². The molecule has 1 aliphatic rings. The van der Waals surface area contributed by atoms with E-state index in [0.717, 1.165) is 9.10 Å². The number of ether oxygens (including phenoxy) is 1. The highest BCUT2D eigenvalue weighted by molar-refractivity contribution is 8.01. The topological polar surface area (TPSA) is 104 Å². The van der Waals surface area contributed by atoms with E-state index in [1.807, 2.05) is 24.3 Å². The number of anilines is 2. The third-order valence-corrected chi connectivity index (χ3v) is 6.45. The first-order valence-corrected chi connectivity index (χ1v) is 11.8. The Morgan fingerprint density at radius 2 is 1.66 bits per heavy atom. The van der Waals surface area contributed by atoms with E-state index in [-0.39, 0.29) is 11.9 Å². The Morgan fingerprint density at radius 1 is 1.03 bits per heavy atom. The molecule has 0 spiro atoms. The van der Waals surface area contributed by atoms with Gasteiger partial charge in [-0.2, -0.15) is 0 Å². The second-order valence-electron chi connectivity index (χ2n) is 8.16. The van der Waals surface area contributed by atoms with Crippen molar-refractivity contribution in [3.8, 4) is 0 Å². The lowest BCUT2D eigenvalue weighted by Gasteiger charge is -2.34. The summed E-state index contributed by atoms with van der Waals surface area (Å²) in [5.74, 6) is 0.0341. The van der Waals surface area contributed by atoms with Crippen LogP contribution in [0.3, 0.4) is 0 Å². The summed E-state index contributed by atoms with van der Waals surface area (Å²) in [6.45, 7) is 9.09. The van der Waals surface area contributed by atoms with Crippen molar-refractivity contribution in [1.29, 1.82) is 0 Å². The summed E-state index contributed by atoms with van der Waals surface area (Å²) in [5.41, 5.74) is 0.129. The molecule has 32 heavy (non-hydrogen) atoms. The van der Waals surface area contributed by atoms with Gasteiger partial charge < -0.3 is 19.9 Å². The molecule has 172 valence electrons.